The molecule has 0 aromatic heterocycles. The molecule has 0 aromatic carbocycles. The smallest absolute Gasteiger partial charge is 0.324 e. The van der Waals surface area contributed by atoms with E-state index < -0.39 is 17.4 Å². The molecule has 1 aliphatic carbocycles. The van der Waals surface area contributed by atoms with Crippen molar-refractivity contribution >= 4 is 23.5 Å². The standard InChI is InChI=1S/C10H17NO3S/c1-15-6-5-10(11,9(13)14)7-3-2-4-8(7)12/h7H,2-6,11H2,1H3,(H,13,14). The molecule has 0 aliphatic heterocycles. The van der Waals surface area contributed by atoms with Gasteiger partial charge in [-0.2, -0.15) is 11.8 Å². The maximum absolute atomic E-state index is 11.5. The Kier molecular flexibility index (Phi) is 4.16. The average molecular weight is 231 g/mol. The lowest BCUT2D eigenvalue weighted by Crippen LogP contribution is -2.55. The number of ketones is 1. The molecule has 0 bridgehead atoms. The summed E-state index contributed by atoms with van der Waals surface area (Å²) in [6.07, 6.45) is 4.14. The van der Waals surface area contributed by atoms with Crippen LogP contribution in [-0.2, 0) is 9.59 Å². The normalized spacial score (nSPS) is 25.2. The second-order valence-corrected chi connectivity index (χ2v) is 4.99. The van der Waals surface area contributed by atoms with Crippen molar-refractivity contribution in [1.29, 1.82) is 0 Å². The Morgan fingerprint density at radius 1 is 1.73 bits per heavy atom. The first-order valence-corrected chi connectivity index (χ1v) is 6.45. The molecule has 0 radical (unpaired) electrons. The molecule has 0 heterocycles. The van der Waals surface area contributed by atoms with Crippen molar-refractivity contribution in [2.75, 3.05) is 12.0 Å². The third kappa shape index (κ3) is 2.52. The van der Waals surface area contributed by atoms with Crippen molar-refractivity contribution in [3.8, 4) is 0 Å². The molecule has 1 aliphatic rings. The Morgan fingerprint density at radius 2 is 2.40 bits per heavy atom. The molecule has 0 amide bonds. The number of carbonyl (C=O) groups excluding carboxylic acids is 1. The minimum Gasteiger partial charge on any atom is -0.480 e. The van der Waals surface area contributed by atoms with Gasteiger partial charge in [-0.25, -0.2) is 0 Å². The SMILES string of the molecule is CSCCC(N)(C(=O)O)C1CCCC1=O. The van der Waals surface area contributed by atoms with Gasteiger partial charge in [0.1, 0.15) is 11.3 Å². The fourth-order valence-electron chi connectivity index (χ4n) is 2.06. The van der Waals surface area contributed by atoms with Gasteiger partial charge in [-0.3, -0.25) is 9.59 Å². The number of Topliss-reactive ketones (excluding diaryl/α,β-unsaturated/α-hetero) is 1. The topological polar surface area (TPSA) is 80.4 Å². The molecule has 2 unspecified atom stereocenters. The van der Waals surface area contributed by atoms with E-state index in [-0.39, 0.29) is 5.78 Å². The average Bonchev–Trinajstić information content (AvgIpc) is 2.61. The summed E-state index contributed by atoms with van der Waals surface area (Å²) < 4.78 is 0. The van der Waals surface area contributed by atoms with Crippen LogP contribution in [0.25, 0.3) is 0 Å². The zero-order valence-electron chi connectivity index (χ0n) is 8.86. The minimum absolute atomic E-state index is 0.0148. The van der Waals surface area contributed by atoms with Gasteiger partial charge in [-0.15, -0.1) is 0 Å². The van der Waals surface area contributed by atoms with E-state index in [0.29, 0.717) is 25.0 Å². The Bertz CT molecular complexity index is 269. The van der Waals surface area contributed by atoms with E-state index in [0.717, 1.165) is 6.42 Å². The van der Waals surface area contributed by atoms with Crippen LogP contribution in [0.3, 0.4) is 0 Å². The van der Waals surface area contributed by atoms with Crippen molar-refractivity contribution in [1.82, 2.24) is 0 Å². The number of thioether (sulfide) groups is 1. The van der Waals surface area contributed by atoms with E-state index in [1.165, 1.54) is 0 Å². The van der Waals surface area contributed by atoms with Crippen molar-refractivity contribution in [2.24, 2.45) is 11.7 Å². The van der Waals surface area contributed by atoms with Crippen LogP contribution < -0.4 is 5.73 Å². The highest BCUT2D eigenvalue weighted by Crippen LogP contribution is 2.32. The molecule has 1 fully saturated rings. The van der Waals surface area contributed by atoms with E-state index in [1.807, 2.05) is 6.26 Å². The minimum atomic E-state index is -1.35. The predicted molar refractivity (Wildman–Crippen MR) is 59.9 cm³/mol. The van der Waals surface area contributed by atoms with E-state index in [4.69, 9.17) is 10.8 Å². The highest BCUT2D eigenvalue weighted by atomic mass is 32.2. The van der Waals surface area contributed by atoms with Crippen LogP contribution in [0.5, 0.6) is 0 Å². The summed E-state index contributed by atoms with van der Waals surface area (Å²) in [5, 5.41) is 9.15. The number of nitrogens with two attached hydrogens (primary N) is 1. The molecule has 15 heavy (non-hydrogen) atoms. The quantitative estimate of drug-likeness (QED) is 0.734. The number of carboxylic acids is 1. The van der Waals surface area contributed by atoms with Crippen LogP contribution in [0, 0.1) is 5.92 Å². The third-order valence-corrected chi connectivity index (χ3v) is 3.66. The van der Waals surface area contributed by atoms with Gasteiger partial charge < -0.3 is 10.8 Å². The van der Waals surface area contributed by atoms with Crippen molar-refractivity contribution < 1.29 is 14.7 Å². The first-order valence-electron chi connectivity index (χ1n) is 5.06. The van der Waals surface area contributed by atoms with Crippen LogP contribution >= 0.6 is 11.8 Å². The molecule has 5 heteroatoms. The van der Waals surface area contributed by atoms with Crippen LogP contribution in [0.15, 0.2) is 0 Å². The van der Waals surface area contributed by atoms with Crippen LogP contribution in [0.2, 0.25) is 0 Å². The summed E-state index contributed by atoms with van der Waals surface area (Å²) in [7, 11) is 0. The van der Waals surface area contributed by atoms with Crippen molar-refractivity contribution in [3.05, 3.63) is 0 Å². The van der Waals surface area contributed by atoms with E-state index in [2.05, 4.69) is 0 Å². The first kappa shape index (κ1) is 12.5. The van der Waals surface area contributed by atoms with Gasteiger partial charge >= 0.3 is 5.97 Å². The number of rotatable bonds is 5. The van der Waals surface area contributed by atoms with Crippen LogP contribution in [-0.4, -0.2) is 34.4 Å². The molecule has 3 N–H and O–H groups in total. The lowest BCUT2D eigenvalue weighted by atomic mass is 9.81. The summed E-state index contributed by atoms with van der Waals surface area (Å²) in [4.78, 5) is 22.7. The molecule has 0 saturated heterocycles. The third-order valence-electron chi connectivity index (χ3n) is 3.04. The maximum atomic E-state index is 11.5. The molecule has 0 aromatic rings. The van der Waals surface area contributed by atoms with E-state index >= 15 is 0 Å². The Hall–Kier alpha value is -0.550. The number of hydrogen-bond donors (Lipinski definition) is 2. The van der Waals surface area contributed by atoms with Crippen molar-refractivity contribution in [2.45, 2.75) is 31.2 Å². The highest BCUT2D eigenvalue weighted by Gasteiger charge is 2.47. The Balaban J connectivity index is 2.79. The van der Waals surface area contributed by atoms with Crippen LogP contribution in [0.1, 0.15) is 25.7 Å². The molecule has 1 rings (SSSR count). The van der Waals surface area contributed by atoms with Gasteiger partial charge in [0.05, 0.1) is 0 Å². The Morgan fingerprint density at radius 3 is 2.80 bits per heavy atom. The summed E-state index contributed by atoms with van der Waals surface area (Å²) >= 11 is 1.55. The second-order valence-electron chi connectivity index (χ2n) is 4.00. The number of hydrogen-bond acceptors (Lipinski definition) is 4. The maximum Gasteiger partial charge on any atom is 0.324 e. The zero-order valence-corrected chi connectivity index (χ0v) is 9.68. The monoisotopic (exact) mass is 231 g/mol. The number of aliphatic carboxylic acids is 1. The Labute approximate surface area is 93.6 Å². The summed E-state index contributed by atoms with van der Waals surface area (Å²) in [5.41, 5.74) is 4.54. The molecule has 4 nitrogen and oxygen atoms in total. The lowest BCUT2D eigenvalue weighted by Gasteiger charge is -2.29. The largest absolute Gasteiger partial charge is 0.480 e. The summed E-state index contributed by atoms with van der Waals surface area (Å²) in [5.74, 6) is -0.841. The van der Waals surface area contributed by atoms with Gasteiger partial charge in [0.25, 0.3) is 0 Å². The number of carbonyl (C=O) groups is 2. The van der Waals surface area contributed by atoms with E-state index in [9.17, 15) is 9.59 Å². The van der Waals surface area contributed by atoms with Gasteiger partial charge in [-0.1, -0.05) is 0 Å². The fraction of sp³-hybridized carbons (Fsp3) is 0.800. The second kappa shape index (κ2) is 4.99. The van der Waals surface area contributed by atoms with Gasteiger partial charge in [0.2, 0.25) is 0 Å². The number of carboxylic acid groups (broad SMARTS) is 1. The summed E-state index contributed by atoms with van der Waals surface area (Å²) in [6.45, 7) is 0. The fourth-order valence-corrected chi connectivity index (χ4v) is 2.60. The zero-order chi connectivity index (χ0) is 11.5. The molecular formula is C10H17NO3S. The summed E-state index contributed by atoms with van der Waals surface area (Å²) in [6, 6.07) is 0. The molecule has 0 spiro atoms. The predicted octanol–water partition coefficient (Wildman–Crippen LogP) is 0.891. The molecule has 1 saturated carbocycles. The molecular weight excluding hydrogens is 214 g/mol. The molecule has 86 valence electrons. The lowest BCUT2D eigenvalue weighted by molar-refractivity contribution is -0.148. The van der Waals surface area contributed by atoms with Gasteiger partial charge in [-0.05, 0) is 31.3 Å². The highest BCUT2D eigenvalue weighted by molar-refractivity contribution is 7.98. The van der Waals surface area contributed by atoms with Gasteiger partial charge in [0.15, 0.2) is 0 Å². The van der Waals surface area contributed by atoms with Gasteiger partial charge in [0, 0.05) is 12.3 Å². The molecule has 2 atom stereocenters. The van der Waals surface area contributed by atoms with Crippen molar-refractivity contribution in [3.63, 3.8) is 0 Å². The first-order chi connectivity index (χ1) is 7.02. The van der Waals surface area contributed by atoms with E-state index in [1.54, 1.807) is 11.8 Å². The van der Waals surface area contributed by atoms with Crippen LogP contribution in [0.4, 0.5) is 0 Å².